The molecule has 1 aromatic rings. The zero-order valence-corrected chi connectivity index (χ0v) is 10.8. The van der Waals surface area contributed by atoms with E-state index in [0.717, 1.165) is 31.5 Å². The number of aliphatic hydroxyl groups excluding tert-OH is 1. The molecule has 0 fully saturated rings. The molecule has 3 nitrogen and oxygen atoms in total. The molecule has 17 heavy (non-hydrogen) atoms. The van der Waals surface area contributed by atoms with Crippen LogP contribution in [0.3, 0.4) is 0 Å². The molecule has 3 heteroatoms. The van der Waals surface area contributed by atoms with Crippen LogP contribution in [0.2, 0.25) is 0 Å². The Bertz CT molecular complexity index is 305. The number of hydrogen-bond donors (Lipinski definition) is 2. The highest BCUT2D eigenvalue weighted by atomic mass is 16.3. The molecule has 0 amide bonds. The molecule has 0 aromatic heterocycles. The minimum Gasteiger partial charge on any atom is -0.508 e. The Hall–Kier alpha value is -1.06. The second-order valence-corrected chi connectivity index (χ2v) is 4.41. The average Bonchev–Trinajstić information content (AvgIpc) is 2.30. The van der Waals surface area contributed by atoms with E-state index in [4.69, 9.17) is 0 Å². The lowest BCUT2D eigenvalue weighted by molar-refractivity contribution is 0.113. The third-order valence-electron chi connectivity index (χ3n) is 2.79. The van der Waals surface area contributed by atoms with Gasteiger partial charge in [0.15, 0.2) is 0 Å². The molecule has 1 unspecified atom stereocenters. The molecule has 0 aliphatic heterocycles. The molecule has 2 N–H and O–H groups in total. The summed E-state index contributed by atoms with van der Waals surface area (Å²) in [6.45, 7) is 6.99. The van der Waals surface area contributed by atoms with E-state index in [-0.39, 0.29) is 5.75 Å². The van der Waals surface area contributed by atoms with Gasteiger partial charge >= 0.3 is 0 Å². The predicted octanol–water partition coefficient (Wildman–Crippen LogP) is 2.55. The second-order valence-electron chi connectivity index (χ2n) is 4.41. The van der Waals surface area contributed by atoms with Gasteiger partial charge in [0, 0.05) is 6.54 Å². The molecule has 0 aliphatic carbocycles. The number of rotatable bonds is 7. The summed E-state index contributed by atoms with van der Waals surface area (Å²) in [4.78, 5) is 2.28. The smallest absolute Gasteiger partial charge is 0.115 e. The highest BCUT2D eigenvalue weighted by molar-refractivity contribution is 5.27. The number of benzene rings is 1. The van der Waals surface area contributed by atoms with Crippen LogP contribution in [-0.2, 0) is 0 Å². The highest BCUT2D eigenvalue weighted by Gasteiger charge is 2.12. The van der Waals surface area contributed by atoms with Crippen molar-refractivity contribution in [3.63, 3.8) is 0 Å². The van der Waals surface area contributed by atoms with E-state index < -0.39 is 6.10 Å². The Morgan fingerprint density at radius 2 is 1.59 bits per heavy atom. The first kappa shape index (κ1) is 14.0. The van der Waals surface area contributed by atoms with E-state index >= 15 is 0 Å². The number of hydrogen-bond acceptors (Lipinski definition) is 3. The number of aromatic hydroxyl groups is 1. The first-order chi connectivity index (χ1) is 8.17. The second kappa shape index (κ2) is 7.30. The summed E-state index contributed by atoms with van der Waals surface area (Å²) in [5.41, 5.74) is 0.861. The number of phenolic OH excluding ortho intramolecular Hbond substituents is 1. The minimum atomic E-state index is -0.478. The molecule has 1 aromatic carbocycles. The largest absolute Gasteiger partial charge is 0.508 e. The normalized spacial score (nSPS) is 12.9. The molecule has 0 heterocycles. The summed E-state index contributed by atoms with van der Waals surface area (Å²) in [5.74, 6) is 0.236. The van der Waals surface area contributed by atoms with Crippen molar-refractivity contribution in [3.05, 3.63) is 29.8 Å². The number of aliphatic hydroxyl groups is 1. The summed E-state index contributed by atoms with van der Waals surface area (Å²) in [6.07, 6.45) is 1.72. The van der Waals surface area contributed by atoms with E-state index in [1.54, 1.807) is 24.3 Å². The lowest BCUT2D eigenvalue weighted by Crippen LogP contribution is -2.30. The maximum atomic E-state index is 10.1. The average molecular weight is 237 g/mol. The maximum absolute atomic E-state index is 10.1. The van der Waals surface area contributed by atoms with Crippen LogP contribution < -0.4 is 0 Å². The van der Waals surface area contributed by atoms with Gasteiger partial charge in [0.25, 0.3) is 0 Å². The van der Waals surface area contributed by atoms with Crippen molar-refractivity contribution in [3.8, 4) is 5.75 Å². The van der Waals surface area contributed by atoms with E-state index in [0.29, 0.717) is 6.54 Å². The molecule has 0 spiro atoms. The van der Waals surface area contributed by atoms with Crippen molar-refractivity contribution in [1.29, 1.82) is 0 Å². The Labute approximate surface area is 104 Å². The lowest BCUT2D eigenvalue weighted by Gasteiger charge is -2.24. The summed E-state index contributed by atoms with van der Waals surface area (Å²) in [7, 11) is 0. The molecule has 0 radical (unpaired) electrons. The molecule has 0 saturated heterocycles. The summed E-state index contributed by atoms with van der Waals surface area (Å²) in [6, 6.07) is 6.78. The lowest BCUT2D eigenvalue weighted by atomic mass is 10.1. The zero-order chi connectivity index (χ0) is 12.7. The first-order valence-electron chi connectivity index (χ1n) is 6.36. The number of nitrogens with zero attached hydrogens (tertiary/aromatic N) is 1. The molecular formula is C14H23NO2. The summed E-state index contributed by atoms with van der Waals surface area (Å²) < 4.78 is 0. The van der Waals surface area contributed by atoms with Crippen molar-refractivity contribution in [2.75, 3.05) is 19.6 Å². The Morgan fingerprint density at radius 3 is 2.06 bits per heavy atom. The summed E-state index contributed by atoms with van der Waals surface area (Å²) >= 11 is 0. The van der Waals surface area contributed by atoms with Crippen LogP contribution >= 0.6 is 0 Å². The molecule has 0 aliphatic rings. The van der Waals surface area contributed by atoms with Gasteiger partial charge in [0.05, 0.1) is 6.10 Å². The number of phenols is 1. The van der Waals surface area contributed by atoms with Gasteiger partial charge in [-0.2, -0.15) is 0 Å². The topological polar surface area (TPSA) is 43.7 Å². The molecule has 1 rings (SSSR count). The monoisotopic (exact) mass is 237 g/mol. The highest BCUT2D eigenvalue weighted by Crippen LogP contribution is 2.17. The fraction of sp³-hybridized carbons (Fsp3) is 0.571. The van der Waals surface area contributed by atoms with Gasteiger partial charge < -0.3 is 15.1 Å². The van der Waals surface area contributed by atoms with Crippen LogP contribution in [0.4, 0.5) is 0 Å². The predicted molar refractivity (Wildman–Crippen MR) is 70.1 cm³/mol. The van der Waals surface area contributed by atoms with Crippen LogP contribution in [0, 0.1) is 0 Å². The van der Waals surface area contributed by atoms with Crippen molar-refractivity contribution >= 4 is 0 Å². The Kier molecular flexibility index (Phi) is 6.01. The Balaban J connectivity index is 2.56. The van der Waals surface area contributed by atoms with Crippen molar-refractivity contribution < 1.29 is 10.2 Å². The molecule has 0 bridgehead atoms. The van der Waals surface area contributed by atoms with Gasteiger partial charge in [-0.05, 0) is 43.6 Å². The van der Waals surface area contributed by atoms with Crippen LogP contribution in [0.25, 0.3) is 0 Å². The van der Waals surface area contributed by atoms with Gasteiger partial charge in [0.2, 0.25) is 0 Å². The van der Waals surface area contributed by atoms with Crippen LogP contribution in [-0.4, -0.2) is 34.7 Å². The maximum Gasteiger partial charge on any atom is 0.115 e. The van der Waals surface area contributed by atoms with Gasteiger partial charge in [-0.1, -0.05) is 26.0 Å². The Morgan fingerprint density at radius 1 is 1.06 bits per heavy atom. The van der Waals surface area contributed by atoms with Crippen molar-refractivity contribution in [2.24, 2.45) is 0 Å². The van der Waals surface area contributed by atoms with Crippen LogP contribution in [0.15, 0.2) is 24.3 Å². The fourth-order valence-electron chi connectivity index (χ4n) is 1.97. The van der Waals surface area contributed by atoms with E-state index in [9.17, 15) is 10.2 Å². The zero-order valence-electron chi connectivity index (χ0n) is 10.8. The third kappa shape index (κ3) is 4.75. The van der Waals surface area contributed by atoms with Gasteiger partial charge in [0.1, 0.15) is 5.75 Å². The SMILES string of the molecule is CCCN(CCC)CC(O)c1ccc(O)cc1. The minimum absolute atomic E-state index is 0.236. The van der Waals surface area contributed by atoms with Gasteiger partial charge in [-0.25, -0.2) is 0 Å². The van der Waals surface area contributed by atoms with E-state index in [1.165, 1.54) is 0 Å². The van der Waals surface area contributed by atoms with Crippen LogP contribution in [0.5, 0.6) is 5.75 Å². The molecule has 1 atom stereocenters. The summed E-state index contributed by atoms with van der Waals surface area (Å²) in [5, 5.41) is 19.3. The van der Waals surface area contributed by atoms with Crippen molar-refractivity contribution in [2.45, 2.75) is 32.8 Å². The molecular weight excluding hydrogens is 214 g/mol. The third-order valence-corrected chi connectivity index (χ3v) is 2.79. The van der Waals surface area contributed by atoms with Crippen LogP contribution in [0.1, 0.15) is 38.4 Å². The molecule has 0 saturated carbocycles. The van der Waals surface area contributed by atoms with E-state index in [1.807, 2.05) is 0 Å². The quantitative estimate of drug-likeness (QED) is 0.766. The molecule has 96 valence electrons. The standard InChI is InChI=1S/C14H23NO2/c1-3-9-15(10-4-2)11-14(17)12-5-7-13(16)8-6-12/h5-8,14,16-17H,3-4,9-11H2,1-2H3. The fourth-order valence-corrected chi connectivity index (χ4v) is 1.97. The first-order valence-corrected chi connectivity index (χ1v) is 6.36. The van der Waals surface area contributed by atoms with E-state index in [2.05, 4.69) is 18.7 Å². The van der Waals surface area contributed by atoms with Gasteiger partial charge in [-0.15, -0.1) is 0 Å². The van der Waals surface area contributed by atoms with Gasteiger partial charge in [-0.3, -0.25) is 0 Å². The van der Waals surface area contributed by atoms with Crippen molar-refractivity contribution in [1.82, 2.24) is 4.90 Å².